The minimum absolute atomic E-state index is 0.0806. The molecule has 0 bridgehead atoms. The zero-order chi connectivity index (χ0) is 12.0. The number of rotatable bonds is 6. The highest BCUT2D eigenvalue weighted by Gasteiger charge is 2.12. The van der Waals surface area contributed by atoms with Crippen molar-refractivity contribution in [3.05, 3.63) is 23.7 Å². The van der Waals surface area contributed by atoms with E-state index in [1.165, 1.54) is 6.26 Å². The molecule has 1 amide bonds. The predicted octanol–water partition coefficient (Wildman–Crippen LogP) is 1.96. The van der Waals surface area contributed by atoms with Crippen molar-refractivity contribution >= 4 is 17.5 Å². The van der Waals surface area contributed by atoms with Crippen LogP contribution in [0.15, 0.2) is 16.7 Å². The first-order valence-electron chi connectivity index (χ1n) is 5.10. The number of hydrogen-bond acceptors (Lipinski definition) is 3. The van der Waals surface area contributed by atoms with Gasteiger partial charge in [-0.25, -0.2) is 0 Å². The van der Waals surface area contributed by atoms with Crippen molar-refractivity contribution in [3.8, 4) is 0 Å². The number of carbonyl (C=O) groups excluding carboxylic acids is 1. The Bertz CT molecular complexity index is 338. The van der Waals surface area contributed by atoms with Crippen molar-refractivity contribution in [3.63, 3.8) is 0 Å². The normalized spacial score (nSPS) is 12.4. The van der Waals surface area contributed by atoms with E-state index in [1.54, 1.807) is 13.2 Å². The van der Waals surface area contributed by atoms with E-state index in [4.69, 9.17) is 20.8 Å². The summed E-state index contributed by atoms with van der Waals surface area (Å²) in [5.41, 5.74) is 0.830. The number of hydrogen-bond donors (Lipinski definition) is 1. The minimum Gasteiger partial charge on any atom is -0.459 e. The molecule has 1 aromatic rings. The largest absolute Gasteiger partial charge is 0.459 e. The second kappa shape index (κ2) is 6.55. The third-order valence-corrected chi connectivity index (χ3v) is 2.50. The number of alkyl halides is 1. The summed E-state index contributed by atoms with van der Waals surface area (Å²) in [4.78, 5) is 11.6. The third kappa shape index (κ3) is 3.87. The fourth-order valence-corrected chi connectivity index (χ4v) is 1.53. The SMILES string of the molecule is COCC(Cl)CCNC(=O)c1occc1C. The molecular weight excluding hydrogens is 230 g/mol. The summed E-state index contributed by atoms with van der Waals surface area (Å²) in [5, 5.41) is 2.66. The molecular formula is C11H16ClNO3. The molecule has 1 atom stereocenters. The van der Waals surface area contributed by atoms with Gasteiger partial charge in [0.25, 0.3) is 5.91 Å². The van der Waals surface area contributed by atoms with E-state index in [9.17, 15) is 4.79 Å². The van der Waals surface area contributed by atoms with Gasteiger partial charge in [-0.15, -0.1) is 11.6 Å². The van der Waals surface area contributed by atoms with E-state index in [1.807, 2.05) is 6.92 Å². The van der Waals surface area contributed by atoms with Crippen LogP contribution in [0.4, 0.5) is 0 Å². The van der Waals surface area contributed by atoms with E-state index in [-0.39, 0.29) is 11.3 Å². The first-order chi connectivity index (χ1) is 7.65. The molecule has 0 radical (unpaired) electrons. The topological polar surface area (TPSA) is 51.5 Å². The smallest absolute Gasteiger partial charge is 0.287 e. The molecule has 16 heavy (non-hydrogen) atoms. The van der Waals surface area contributed by atoms with Crippen LogP contribution in [0.5, 0.6) is 0 Å². The van der Waals surface area contributed by atoms with E-state index < -0.39 is 0 Å². The molecule has 0 saturated carbocycles. The van der Waals surface area contributed by atoms with Crippen molar-refractivity contribution in [2.45, 2.75) is 18.7 Å². The first kappa shape index (κ1) is 13.1. The van der Waals surface area contributed by atoms with Crippen molar-refractivity contribution in [2.75, 3.05) is 20.3 Å². The second-order valence-electron chi connectivity index (χ2n) is 3.53. The van der Waals surface area contributed by atoms with Gasteiger partial charge in [0, 0.05) is 19.2 Å². The highest BCUT2D eigenvalue weighted by Crippen LogP contribution is 2.08. The number of methoxy groups -OCH3 is 1. The van der Waals surface area contributed by atoms with Gasteiger partial charge in [0.15, 0.2) is 5.76 Å². The quantitative estimate of drug-likeness (QED) is 0.780. The van der Waals surface area contributed by atoms with Crippen LogP contribution in [0.3, 0.4) is 0 Å². The lowest BCUT2D eigenvalue weighted by atomic mass is 10.2. The van der Waals surface area contributed by atoms with Crippen LogP contribution in [-0.2, 0) is 4.74 Å². The average molecular weight is 246 g/mol. The van der Waals surface area contributed by atoms with Gasteiger partial charge in [-0.05, 0) is 19.4 Å². The maximum Gasteiger partial charge on any atom is 0.287 e. The molecule has 0 aliphatic carbocycles. The van der Waals surface area contributed by atoms with Crippen LogP contribution in [0.25, 0.3) is 0 Å². The van der Waals surface area contributed by atoms with Gasteiger partial charge in [0.1, 0.15) is 0 Å². The molecule has 1 unspecified atom stereocenters. The van der Waals surface area contributed by atoms with Gasteiger partial charge in [-0.3, -0.25) is 4.79 Å². The molecule has 0 aliphatic heterocycles. The van der Waals surface area contributed by atoms with Crippen LogP contribution < -0.4 is 5.32 Å². The zero-order valence-corrected chi connectivity index (χ0v) is 10.2. The molecule has 1 rings (SSSR count). The maximum atomic E-state index is 11.6. The van der Waals surface area contributed by atoms with E-state index >= 15 is 0 Å². The summed E-state index contributed by atoms with van der Waals surface area (Å²) in [6.07, 6.45) is 2.17. The van der Waals surface area contributed by atoms with Gasteiger partial charge in [0.05, 0.1) is 18.2 Å². The van der Waals surface area contributed by atoms with Gasteiger partial charge in [0.2, 0.25) is 0 Å². The Morgan fingerprint density at radius 3 is 3.00 bits per heavy atom. The van der Waals surface area contributed by atoms with Crippen LogP contribution in [0, 0.1) is 6.92 Å². The molecule has 5 heteroatoms. The van der Waals surface area contributed by atoms with Crippen molar-refractivity contribution in [2.24, 2.45) is 0 Å². The molecule has 4 nitrogen and oxygen atoms in total. The number of halogens is 1. The lowest BCUT2D eigenvalue weighted by Crippen LogP contribution is -2.27. The first-order valence-corrected chi connectivity index (χ1v) is 5.54. The summed E-state index contributed by atoms with van der Waals surface area (Å²) >= 11 is 5.92. The maximum absolute atomic E-state index is 11.6. The van der Waals surface area contributed by atoms with Crippen molar-refractivity contribution in [1.82, 2.24) is 5.32 Å². The lowest BCUT2D eigenvalue weighted by Gasteiger charge is -2.08. The van der Waals surface area contributed by atoms with Crippen LogP contribution in [-0.4, -0.2) is 31.5 Å². The van der Waals surface area contributed by atoms with Gasteiger partial charge < -0.3 is 14.5 Å². The second-order valence-corrected chi connectivity index (χ2v) is 4.15. The number of aryl methyl sites for hydroxylation is 1. The number of furan rings is 1. The lowest BCUT2D eigenvalue weighted by molar-refractivity contribution is 0.0923. The minimum atomic E-state index is -0.205. The van der Waals surface area contributed by atoms with Crippen molar-refractivity contribution in [1.29, 1.82) is 0 Å². The standard InChI is InChI=1S/C11H16ClNO3/c1-8-4-6-16-10(8)11(14)13-5-3-9(12)7-15-2/h4,6,9H,3,5,7H2,1-2H3,(H,13,14). The van der Waals surface area contributed by atoms with E-state index in [2.05, 4.69) is 5.32 Å². The van der Waals surface area contributed by atoms with E-state index in [0.717, 1.165) is 5.56 Å². The molecule has 1 N–H and O–H groups in total. The molecule has 1 heterocycles. The number of ether oxygens (including phenoxy) is 1. The van der Waals surface area contributed by atoms with Crippen LogP contribution in [0.1, 0.15) is 22.5 Å². The summed E-state index contributed by atoms with van der Waals surface area (Å²) < 4.78 is 9.95. The molecule has 0 aliphatic rings. The molecule has 1 aromatic heterocycles. The summed E-state index contributed by atoms with van der Waals surface area (Å²) in [6, 6.07) is 1.75. The highest BCUT2D eigenvalue weighted by atomic mass is 35.5. The summed E-state index contributed by atoms with van der Waals surface area (Å²) in [7, 11) is 1.60. The molecule has 0 saturated heterocycles. The average Bonchev–Trinajstić information content (AvgIpc) is 2.64. The van der Waals surface area contributed by atoms with Gasteiger partial charge >= 0.3 is 0 Å². The Morgan fingerprint density at radius 1 is 1.69 bits per heavy atom. The van der Waals surface area contributed by atoms with Gasteiger partial charge in [-0.1, -0.05) is 0 Å². The van der Waals surface area contributed by atoms with E-state index in [0.29, 0.717) is 25.3 Å². The number of nitrogens with one attached hydrogen (secondary N) is 1. The Kier molecular flexibility index (Phi) is 5.35. The Hall–Kier alpha value is -1.00. The molecule has 0 aromatic carbocycles. The fourth-order valence-electron chi connectivity index (χ4n) is 1.29. The number of carbonyl (C=O) groups is 1. The highest BCUT2D eigenvalue weighted by molar-refractivity contribution is 6.20. The molecule has 0 spiro atoms. The predicted molar refractivity (Wildman–Crippen MR) is 61.9 cm³/mol. The monoisotopic (exact) mass is 245 g/mol. The number of amides is 1. The third-order valence-electron chi connectivity index (χ3n) is 2.16. The van der Waals surface area contributed by atoms with Crippen molar-refractivity contribution < 1.29 is 13.9 Å². The summed E-state index contributed by atoms with van der Waals surface area (Å²) in [5.74, 6) is 0.154. The van der Waals surface area contributed by atoms with Gasteiger partial charge in [-0.2, -0.15) is 0 Å². The molecule has 0 fully saturated rings. The molecule has 90 valence electrons. The van der Waals surface area contributed by atoms with Crippen LogP contribution >= 0.6 is 11.6 Å². The Morgan fingerprint density at radius 2 is 2.44 bits per heavy atom. The Balaban J connectivity index is 2.29. The Labute approximate surface area is 99.9 Å². The summed E-state index contributed by atoms with van der Waals surface area (Å²) in [6.45, 7) is 2.82. The fraction of sp³-hybridized carbons (Fsp3) is 0.545. The zero-order valence-electron chi connectivity index (χ0n) is 9.46. The van der Waals surface area contributed by atoms with Crippen LogP contribution in [0.2, 0.25) is 0 Å².